The molecule has 3 atom stereocenters. The zero-order valence-corrected chi connectivity index (χ0v) is 20.2. The van der Waals surface area contributed by atoms with Crippen LogP contribution < -0.4 is 5.69 Å². The van der Waals surface area contributed by atoms with E-state index in [1.54, 1.807) is 6.20 Å². The first-order valence-electron chi connectivity index (χ1n) is 11.9. The van der Waals surface area contributed by atoms with Crippen molar-refractivity contribution in [1.29, 1.82) is 0 Å². The molecule has 0 saturated carbocycles. The van der Waals surface area contributed by atoms with E-state index in [-0.39, 0.29) is 18.7 Å². The fourth-order valence-corrected chi connectivity index (χ4v) is 4.29. The molecule has 1 saturated heterocycles. The van der Waals surface area contributed by atoms with Crippen LogP contribution in [0.15, 0.2) is 45.7 Å². The quantitative estimate of drug-likeness (QED) is 0.426. The molecule has 0 N–H and O–H groups in total. The summed E-state index contributed by atoms with van der Waals surface area (Å²) in [6, 6.07) is 10.5. The molecule has 2 aromatic heterocycles. The van der Waals surface area contributed by atoms with E-state index in [4.69, 9.17) is 18.6 Å². The molecule has 35 heavy (non-hydrogen) atoms. The topological polar surface area (TPSA) is 110 Å². The number of esters is 2. The number of hydrogen-bond donors (Lipinski definition) is 0. The summed E-state index contributed by atoms with van der Waals surface area (Å²) in [4.78, 5) is 39.5. The molecule has 0 radical (unpaired) electrons. The van der Waals surface area contributed by atoms with Gasteiger partial charge in [0, 0.05) is 32.9 Å². The van der Waals surface area contributed by atoms with Gasteiger partial charge in [-0.05, 0) is 30.0 Å². The van der Waals surface area contributed by atoms with E-state index in [0.717, 1.165) is 25.0 Å². The fourth-order valence-electron chi connectivity index (χ4n) is 4.29. The number of carbonyl (C=O) groups excluding carboxylic acids is 2. The van der Waals surface area contributed by atoms with Crippen molar-refractivity contribution >= 4 is 23.0 Å². The van der Waals surface area contributed by atoms with Crippen LogP contribution in [-0.4, -0.2) is 40.3 Å². The van der Waals surface area contributed by atoms with E-state index in [1.165, 1.54) is 29.5 Å². The number of benzene rings is 1. The maximum absolute atomic E-state index is 12.7. The molecule has 1 aliphatic heterocycles. The summed E-state index contributed by atoms with van der Waals surface area (Å²) >= 11 is 0. The summed E-state index contributed by atoms with van der Waals surface area (Å²) in [7, 11) is 0. The Labute approximate surface area is 203 Å². The van der Waals surface area contributed by atoms with Crippen molar-refractivity contribution in [3.8, 4) is 0 Å². The third-order valence-electron chi connectivity index (χ3n) is 5.97. The van der Waals surface area contributed by atoms with E-state index in [0.29, 0.717) is 11.8 Å². The molecule has 0 unspecified atom stereocenters. The Morgan fingerprint density at radius 2 is 1.80 bits per heavy atom. The molecule has 0 aliphatic carbocycles. The number of carbonyl (C=O) groups is 2. The van der Waals surface area contributed by atoms with Crippen LogP contribution in [0.1, 0.15) is 56.7 Å². The average molecular weight is 483 g/mol. The summed E-state index contributed by atoms with van der Waals surface area (Å²) in [5, 5.41) is 0.675. The standard InChI is InChI=1S/C26H30N2O7/c1-4-5-18-6-8-19(9-7-18)10-11-21-12-20-14-28(26(31)27-25(20)34-21)24-13-22(33-17(3)30)23(35-24)15-32-16(2)29/h6-9,12,14,22-24H,4-5,10-11,13,15H2,1-3H3/t22-,23+,24+/m0/s1. The Morgan fingerprint density at radius 3 is 2.46 bits per heavy atom. The monoisotopic (exact) mass is 482 g/mol. The second kappa shape index (κ2) is 10.9. The number of rotatable bonds is 9. The van der Waals surface area contributed by atoms with E-state index in [2.05, 4.69) is 36.2 Å². The lowest BCUT2D eigenvalue weighted by atomic mass is 10.0. The van der Waals surface area contributed by atoms with Crippen molar-refractivity contribution in [3.63, 3.8) is 0 Å². The molecular weight excluding hydrogens is 452 g/mol. The van der Waals surface area contributed by atoms with Gasteiger partial charge in [0.2, 0.25) is 5.71 Å². The molecule has 0 amide bonds. The molecular formula is C26H30N2O7. The second-order valence-electron chi connectivity index (χ2n) is 8.79. The van der Waals surface area contributed by atoms with Crippen LogP contribution in [0.25, 0.3) is 11.1 Å². The third kappa shape index (κ3) is 6.16. The molecule has 1 aromatic carbocycles. The van der Waals surface area contributed by atoms with Gasteiger partial charge in [-0.15, -0.1) is 0 Å². The molecule has 0 spiro atoms. The van der Waals surface area contributed by atoms with Crippen molar-refractivity contribution in [2.24, 2.45) is 0 Å². The normalized spacial score (nSPS) is 19.7. The van der Waals surface area contributed by atoms with Gasteiger partial charge in [0.25, 0.3) is 0 Å². The van der Waals surface area contributed by atoms with Gasteiger partial charge < -0.3 is 18.6 Å². The summed E-state index contributed by atoms with van der Waals surface area (Å²) < 4.78 is 23.5. The van der Waals surface area contributed by atoms with E-state index < -0.39 is 36.1 Å². The lowest BCUT2D eigenvalue weighted by Gasteiger charge is -2.17. The van der Waals surface area contributed by atoms with Crippen molar-refractivity contribution in [2.75, 3.05) is 6.61 Å². The van der Waals surface area contributed by atoms with Gasteiger partial charge in [0.15, 0.2) is 0 Å². The highest BCUT2D eigenvalue weighted by Crippen LogP contribution is 2.31. The van der Waals surface area contributed by atoms with E-state index >= 15 is 0 Å². The van der Waals surface area contributed by atoms with Gasteiger partial charge in [-0.1, -0.05) is 37.6 Å². The fraction of sp³-hybridized carbons (Fsp3) is 0.462. The molecule has 1 aliphatic rings. The van der Waals surface area contributed by atoms with Crippen molar-refractivity contribution < 1.29 is 28.2 Å². The van der Waals surface area contributed by atoms with Crippen molar-refractivity contribution in [3.05, 3.63) is 63.9 Å². The lowest BCUT2D eigenvalue weighted by Crippen LogP contribution is -2.31. The molecule has 9 nitrogen and oxygen atoms in total. The molecule has 1 fully saturated rings. The molecule has 0 bridgehead atoms. The second-order valence-corrected chi connectivity index (χ2v) is 8.79. The van der Waals surface area contributed by atoms with Gasteiger partial charge in [0.1, 0.15) is 30.8 Å². The van der Waals surface area contributed by atoms with Crippen LogP contribution in [-0.2, 0) is 43.1 Å². The Bertz CT molecular complexity index is 1240. The molecule has 3 aromatic rings. The van der Waals surface area contributed by atoms with E-state index in [9.17, 15) is 14.4 Å². The zero-order chi connectivity index (χ0) is 24.9. The maximum Gasteiger partial charge on any atom is 0.353 e. The first-order chi connectivity index (χ1) is 16.8. The Balaban J connectivity index is 1.48. The Morgan fingerprint density at radius 1 is 1.09 bits per heavy atom. The third-order valence-corrected chi connectivity index (χ3v) is 5.97. The average Bonchev–Trinajstić information content (AvgIpc) is 3.39. The van der Waals surface area contributed by atoms with Gasteiger partial charge in [-0.25, -0.2) is 4.79 Å². The highest BCUT2D eigenvalue weighted by Gasteiger charge is 2.39. The minimum absolute atomic E-state index is 0.0799. The molecule has 3 heterocycles. The highest BCUT2D eigenvalue weighted by molar-refractivity contribution is 5.72. The van der Waals surface area contributed by atoms with Crippen molar-refractivity contribution in [1.82, 2.24) is 9.55 Å². The minimum atomic E-state index is -0.718. The Kier molecular flexibility index (Phi) is 7.65. The molecule has 186 valence electrons. The predicted octanol–water partition coefficient (Wildman–Crippen LogP) is 3.51. The number of ether oxygens (including phenoxy) is 3. The number of nitrogens with zero attached hydrogens (tertiary/aromatic N) is 2. The van der Waals surface area contributed by atoms with Crippen LogP contribution in [0.3, 0.4) is 0 Å². The van der Waals surface area contributed by atoms with Gasteiger partial charge in [-0.2, -0.15) is 4.98 Å². The zero-order valence-electron chi connectivity index (χ0n) is 20.2. The molecule has 9 heteroatoms. The first-order valence-corrected chi connectivity index (χ1v) is 11.9. The summed E-state index contributed by atoms with van der Waals surface area (Å²) in [6.45, 7) is 4.67. The summed E-state index contributed by atoms with van der Waals surface area (Å²) in [6.07, 6.45) is 3.50. The number of aromatic nitrogens is 2. The smallest absolute Gasteiger partial charge is 0.353 e. The van der Waals surface area contributed by atoms with Crippen LogP contribution in [0.2, 0.25) is 0 Å². The number of fused-ring (bicyclic) bond motifs is 1. The van der Waals surface area contributed by atoms with Crippen LogP contribution in [0.4, 0.5) is 0 Å². The van der Waals surface area contributed by atoms with E-state index in [1.807, 2.05) is 6.07 Å². The van der Waals surface area contributed by atoms with Crippen LogP contribution in [0.5, 0.6) is 0 Å². The summed E-state index contributed by atoms with van der Waals surface area (Å²) in [5.41, 5.74) is 2.28. The highest BCUT2D eigenvalue weighted by atomic mass is 16.6. The van der Waals surface area contributed by atoms with Crippen LogP contribution in [0, 0.1) is 0 Å². The predicted molar refractivity (Wildman–Crippen MR) is 127 cm³/mol. The molecule has 4 rings (SSSR count). The van der Waals surface area contributed by atoms with Gasteiger partial charge in [0.05, 0.1) is 5.39 Å². The largest absolute Gasteiger partial charge is 0.463 e. The Hall–Kier alpha value is -3.46. The van der Waals surface area contributed by atoms with Crippen molar-refractivity contribution in [2.45, 2.75) is 71.3 Å². The number of aryl methyl sites for hydroxylation is 3. The van der Waals surface area contributed by atoms with Gasteiger partial charge in [-0.3, -0.25) is 14.2 Å². The summed E-state index contributed by atoms with van der Waals surface area (Å²) in [5.74, 6) is -0.214. The van der Waals surface area contributed by atoms with Crippen LogP contribution >= 0.6 is 0 Å². The lowest BCUT2D eigenvalue weighted by molar-refractivity contribution is -0.155. The SMILES string of the molecule is CCCc1ccc(CCc2cc3cn([C@H]4C[C@H](OC(C)=O)[C@@H](COC(C)=O)O4)c(=O)nc3o2)cc1. The number of hydrogen-bond acceptors (Lipinski definition) is 8. The maximum atomic E-state index is 12.7. The first kappa shape index (κ1) is 24.7. The van der Waals surface area contributed by atoms with Gasteiger partial charge >= 0.3 is 17.6 Å². The minimum Gasteiger partial charge on any atom is -0.463 e. The number of furan rings is 1.